The molecule has 1 fully saturated rings. The van der Waals surface area contributed by atoms with Gasteiger partial charge in [-0.2, -0.15) is 10.1 Å². The summed E-state index contributed by atoms with van der Waals surface area (Å²) in [6.07, 6.45) is 1.20. The molecular weight excluding hydrogens is 404 g/mol. The molecule has 1 aliphatic heterocycles. The highest BCUT2D eigenvalue weighted by Crippen LogP contribution is 2.33. The average molecular weight is 431 g/mol. The Morgan fingerprint density at radius 2 is 1.72 bits per heavy atom. The van der Waals surface area contributed by atoms with Crippen LogP contribution in [-0.4, -0.2) is 38.2 Å². The van der Waals surface area contributed by atoms with E-state index < -0.39 is 5.60 Å². The molecule has 32 heavy (non-hydrogen) atoms. The van der Waals surface area contributed by atoms with Crippen LogP contribution in [-0.2, 0) is 16.9 Å². The molecule has 2 aromatic heterocycles. The van der Waals surface area contributed by atoms with E-state index in [0.29, 0.717) is 50.0 Å². The fourth-order valence-electron chi connectivity index (χ4n) is 4.01. The maximum absolute atomic E-state index is 10.9. The molecule has 0 bridgehead atoms. The lowest BCUT2D eigenvalue weighted by molar-refractivity contribution is -0.0679. The Hall–Kier alpha value is -3.29. The first-order chi connectivity index (χ1) is 15.5. The summed E-state index contributed by atoms with van der Waals surface area (Å²) in [6, 6.07) is 18.1. The maximum Gasteiger partial charge on any atom is 0.278 e. The van der Waals surface area contributed by atoms with Crippen LogP contribution in [0.4, 0.5) is 0 Å². The number of aliphatic hydroxyl groups is 1. The molecule has 0 unspecified atom stereocenters. The fraction of sp³-hybridized carbons (Fsp3) is 0.320. The number of ether oxygens (including phenoxy) is 1. The molecule has 7 heteroatoms. The van der Waals surface area contributed by atoms with E-state index in [1.54, 1.807) is 0 Å². The molecule has 7 nitrogen and oxygen atoms in total. The van der Waals surface area contributed by atoms with Gasteiger partial charge in [0.15, 0.2) is 5.69 Å². The van der Waals surface area contributed by atoms with Crippen LogP contribution in [0.25, 0.3) is 23.0 Å². The minimum absolute atomic E-state index is 0.387. The van der Waals surface area contributed by atoms with Gasteiger partial charge < -0.3 is 14.4 Å². The van der Waals surface area contributed by atoms with Crippen LogP contribution < -0.4 is 0 Å². The number of rotatable bonds is 5. The van der Waals surface area contributed by atoms with Gasteiger partial charge >= 0.3 is 0 Å². The van der Waals surface area contributed by atoms with Crippen LogP contribution in [0.15, 0.2) is 59.1 Å². The molecule has 2 aromatic carbocycles. The average Bonchev–Trinajstić information content (AvgIpc) is 3.43. The largest absolute Gasteiger partial charge is 0.385 e. The van der Waals surface area contributed by atoms with Gasteiger partial charge in [-0.25, -0.2) is 0 Å². The van der Waals surface area contributed by atoms with E-state index in [0.717, 1.165) is 16.8 Å². The minimum Gasteiger partial charge on any atom is -0.385 e. The predicted octanol–water partition coefficient (Wildman–Crippen LogP) is 4.26. The molecule has 0 spiro atoms. The monoisotopic (exact) mass is 430 g/mol. The van der Waals surface area contributed by atoms with Crippen molar-refractivity contribution >= 4 is 0 Å². The number of aromatic nitrogens is 4. The maximum atomic E-state index is 10.9. The first-order valence-electron chi connectivity index (χ1n) is 10.9. The Morgan fingerprint density at radius 1 is 1.00 bits per heavy atom. The van der Waals surface area contributed by atoms with E-state index in [4.69, 9.17) is 9.26 Å². The Balaban J connectivity index is 1.34. The molecule has 4 aromatic rings. The highest BCUT2D eigenvalue weighted by atomic mass is 16.5. The number of aryl methyl sites for hydroxylation is 2. The summed E-state index contributed by atoms with van der Waals surface area (Å²) >= 11 is 0. The van der Waals surface area contributed by atoms with Crippen LogP contribution in [0, 0.1) is 13.8 Å². The van der Waals surface area contributed by atoms with E-state index in [1.165, 1.54) is 11.1 Å². The lowest BCUT2D eigenvalue weighted by Crippen LogP contribution is -2.33. The summed E-state index contributed by atoms with van der Waals surface area (Å²) in [5, 5.41) is 19.7. The first-order valence-corrected chi connectivity index (χ1v) is 10.9. The Kier molecular flexibility index (Phi) is 5.36. The van der Waals surface area contributed by atoms with Crippen molar-refractivity contribution in [3.63, 3.8) is 0 Å². The number of hydrogen-bond donors (Lipinski definition) is 1. The van der Waals surface area contributed by atoms with Gasteiger partial charge in [0.2, 0.25) is 5.82 Å². The standard InChI is InChI=1S/C25H26N4O3/c1-17-3-5-19(6-4-17)16-29-18(2)15-22(27-29)24-26-23(28-32-24)20-7-9-21(10-8-20)25(30)11-13-31-14-12-25/h3-10,15,30H,11-14,16H2,1-2H3. The van der Waals surface area contributed by atoms with Gasteiger partial charge in [-0.3, -0.25) is 4.68 Å². The second-order valence-electron chi connectivity index (χ2n) is 8.46. The molecule has 0 amide bonds. The normalized spacial score (nSPS) is 15.7. The first kappa shape index (κ1) is 20.6. The van der Waals surface area contributed by atoms with Gasteiger partial charge in [0, 0.05) is 37.3 Å². The van der Waals surface area contributed by atoms with Crippen LogP contribution in [0.3, 0.4) is 0 Å². The SMILES string of the molecule is Cc1ccc(Cn2nc(-c3nc(-c4ccc(C5(O)CCOCC5)cc4)no3)cc2C)cc1. The van der Waals surface area contributed by atoms with Gasteiger partial charge in [-0.1, -0.05) is 59.3 Å². The zero-order valence-electron chi connectivity index (χ0n) is 18.3. The molecule has 0 atom stereocenters. The van der Waals surface area contributed by atoms with Crippen LogP contribution in [0.5, 0.6) is 0 Å². The molecule has 0 radical (unpaired) electrons. The van der Waals surface area contributed by atoms with Crippen molar-refractivity contribution in [2.45, 2.75) is 38.8 Å². The van der Waals surface area contributed by atoms with Gasteiger partial charge in [-0.15, -0.1) is 0 Å². The van der Waals surface area contributed by atoms with E-state index >= 15 is 0 Å². The molecule has 5 rings (SSSR count). The number of nitrogens with zero attached hydrogens (tertiary/aromatic N) is 4. The quantitative estimate of drug-likeness (QED) is 0.509. The lowest BCUT2D eigenvalue weighted by atomic mass is 9.86. The summed E-state index contributed by atoms with van der Waals surface area (Å²) in [6.45, 7) is 5.92. The van der Waals surface area contributed by atoms with Gasteiger partial charge in [0.05, 0.1) is 12.1 Å². The molecule has 0 saturated carbocycles. The third kappa shape index (κ3) is 4.09. The van der Waals surface area contributed by atoms with Crippen molar-refractivity contribution in [3.05, 3.63) is 77.0 Å². The second kappa shape index (κ2) is 8.33. The van der Waals surface area contributed by atoms with Crippen molar-refractivity contribution in [1.29, 1.82) is 0 Å². The highest BCUT2D eigenvalue weighted by Gasteiger charge is 2.31. The molecule has 1 saturated heterocycles. The summed E-state index contributed by atoms with van der Waals surface area (Å²) in [4.78, 5) is 4.55. The zero-order chi connectivity index (χ0) is 22.1. The summed E-state index contributed by atoms with van der Waals surface area (Å²) in [5.74, 6) is 0.883. The fourth-order valence-corrected chi connectivity index (χ4v) is 4.01. The van der Waals surface area contributed by atoms with Crippen molar-refractivity contribution in [3.8, 4) is 23.0 Å². The topological polar surface area (TPSA) is 86.2 Å². The Labute approximate surface area is 186 Å². The molecule has 164 valence electrons. The minimum atomic E-state index is -0.832. The summed E-state index contributed by atoms with van der Waals surface area (Å²) < 4.78 is 12.8. The predicted molar refractivity (Wildman–Crippen MR) is 120 cm³/mol. The third-order valence-electron chi connectivity index (χ3n) is 6.08. The molecule has 0 aliphatic carbocycles. The van der Waals surface area contributed by atoms with Gasteiger partial charge in [0.1, 0.15) is 0 Å². The van der Waals surface area contributed by atoms with E-state index in [-0.39, 0.29) is 0 Å². The van der Waals surface area contributed by atoms with Gasteiger partial charge in [-0.05, 0) is 31.0 Å². The van der Waals surface area contributed by atoms with Crippen LogP contribution in [0.2, 0.25) is 0 Å². The summed E-state index contributed by atoms with van der Waals surface area (Å²) in [5.41, 5.74) is 4.98. The summed E-state index contributed by atoms with van der Waals surface area (Å²) in [7, 11) is 0. The Bertz CT molecular complexity index is 1200. The van der Waals surface area contributed by atoms with Crippen LogP contribution in [0.1, 0.15) is 35.2 Å². The lowest BCUT2D eigenvalue weighted by Gasteiger charge is -2.32. The van der Waals surface area contributed by atoms with Gasteiger partial charge in [0.25, 0.3) is 5.89 Å². The van der Waals surface area contributed by atoms with E-state index in [2.05, 4.69) is 46.4 Å². The number of benzene rings is 2. The van der Waals surface area contributed by atoms with Crippen LogP contribution >= 0.6 is 0 Å². The Morgan fingerprint density at radius 3 is 2.44 bits per heavy atom. The van der Waals surface area contributed by atoms with Crippen molar-refractivity contribution in [2.75, 3.05) is 13.2 Å². The zero-order valence-corrected chi connectivity index (χ0v) is 18.3. The van der Waals surface area contributed by atoms with E-state index in [9.17, 15) is 5.11 Å². The smallest absolute Gasteiger partial charge is 0.278 e. The molecule has 3 heterocycles. The molecular formula is C25H26N4O3. The molecule has 1 aliphatic rings. The van der Waals surface area contributed by atoms with Crippen molar-refractivity contribution < 1.29 is 14.4 Å². The highest BCUT2D eigenvalue weighted by molar-refractivity contribution is 5.58. The van der Waals surface area contributed by atoms with Crippen molar-refractivity contribution in [1.82, 2.24) is 19.9 Å². The second-order valence-corrected chi connectivity index (χ2v) is 8.46. The number of hydrogen-bond acceptors (Lipinski definition) is 6. The third-order valence-corrected chi connectivity index (χ3v) is 6.08. The molecule has 1 N–H and O–H groups in total. The van der Waals surface area contributed by atoms with E-state index in [1.807, 2.05) is 41.9 Å². The van der Waals surface area contributed by atoms with Crippen molar-refractivity contribution in [2.24, 2.45) is 0 Å².